The fourth-order valence-electron chi connectivity index (χ4n) is 1.41. The maximum atomic E-state index is 11.3. The number of rotatable bonds is 6. The molecule has 0 fully saturated rings. The zero-order valence-electron chi connectivity index (χ0n) is 9.53. The van der Waals surface area contributed by atoms with Crippen LogP contribution in [0.3, 0.4) is 0 Å². The normalized spacial score (nSPS) is 9.81. The predicted octanol–water partition coefficient (Wildman–Crippen LogP) is 1.71. The Balaban J connectivity index is 2.16. The van der Waals surface area contributed by atoms with Gasteiger partial charge in [0.05, 0.1) is 6.54 Å². The molecule has 0 saturated heterocycles. The van der Waals surface area contributed by atoms with Crippen LogP contribution < -0.4 is 5.32 Å². The number of aryl methyl sites for hydroxylation is 1. The van der Waals surface area contributed by atoms with Crippen molar-refractivity contribution in [2.45, 2.75) is 26.2 Å². The minimum Gasteiger partial charge on any atom is -0.349 e. The van der Waals surface area contributed by atoms with Crippen LogP contribution in [0.4, 0.5) is 0 Å². The topological polar surface area (TPSA) is 46.2 Å². The molecule has 3 nitrogen and oxygen atoms in total. The molecular formula is C13H17NO2. The third-order valence-electron chi connectivity index (χ3n) is 2.25. The van der Waals surface area contributed by atoms with Crippen LogP contribution in [0.15, 0.2) is 30.3 Å². The van der Waals surface area contributed by atoms with Gasteiger partial charge in [-0.1, -0.05) is 30.3 Å². The minimum absolute atomic E-state index is 0.0172. The number of benzene rings is 1. The summed E-state index contributed by atoms with van der Waals surface area (Å²) in [7, 11) is 0. The van der Waals surface area contributed by atoms with Gasteiger partial charge in [-0.15, -0.1) is 0 Å². The standard InChI is InChI=1S/C13H17NO2/c1-11(15)10-14-13(16)9-5-8-12-6-3-2-4-7-12/h2-4,6-7H,5,8-10H2,1H3,(H,14,16). The van der Waals surface area contributed by atoms with Crippen molar-refractivity contribution < 1.29 is 9.59 Å². The SMILES string of the molecule is CC(=O)CNC(=O)CCCc1ccccc1. The van der Waals surface area contributed by atoms with Crippen LogP contribution in [0.2, 0.25) is 0 Å². The Bertz CT molecular complexity index is 346. The average molecular weight is 219 g/mol. The molecular weight excluding hydrogens is 202 g/mol. The summed E-state index contributed by atoms with van der Waals surface area (Å²) in [5.41, 5.74) is 1.24. The van der Waals surface area contributed by atoms with Crippen molar-refractivity contribution >= 4 is 11.7 Å². The maximum Gasteiger partial charge on any atom is 0.220 e. The van der Waals surface area contributed by atoms with Gasteiger partial charge in [-0.25, -0.2) is 0 Å². The smallest absolute Gasteiger partial charge is 0.220 e. The van der Waals surface area contributed by atoms with E-state index in [0.29, 0.717) is 6.42 Å². The molecule has 0 aliphatic heterocycles. The zero-order valence-corrected chi connectivity index (χ0v) is 9.53. The maximum absolute atomic E-state index is 11.3. The van der Waals surface area contributed by atoms with Crippen LogP contribution >= 0.6 is 0 Å². The van der Waals surface area contributed by atoms with Crippen molar-refractivity contribution in [1.82, 2.24) is 5.32 Å². The van der Waals surface area contributed by atoms with E-state index < -0.39 is 0 Å². The lowest BCUT2D eigenvalue weighted by Crippen LogP contribution is -2.27. The second-order valence-corrected chi connectivity index (χ2v) is 3.82. The first-order valence-electron chi connectivity index (χ1n) is 5.48. The van der Waals surface area contributed by atoms with E-state index in [4.69, 9.17) is 0 Å². The highest BCUT2D eigenvalue weighted by atomic mass is 16.2. The number of Topliss-reactive ketones (excluding diaryl/α,β-unsaturated/α-hetero) is 1. The second-order valence-electron chi connectivity index (χ2n) is 3.82. The highest BCUT2D eigenvalue weighted by molar-refractivity contribution is 5.84. The largest absolute Gasteiger partial charge is 0.349 e. The van der Waals surface area contributed by atoms with Crippen molar-refractivity contribution in [2.24, 2.45) is 0 Å². The molecule has 86 valence electrons. The molecule has 1 rings (SSSR count). The van der Waals surface area contributed by atoms with Gasteiger partial charge in [0.2, 0.25) is 5.91 Å². The van der Waals surface area contributed by atoms with E-state index in [1.54, 1.807) is 0 Å². The first-order valence-corrected chi connectivity index (χ1v) is 5.48. The van der Waals surface area contributed by atoms with Crippen LogP contribution in [0.25, 0.3) is 0 Å². The van der Waals surface area contributed by atoms with Gasteiger partial charge >= 0.3 is 0 Å². The lowest BCUT2D eigenvalue weighted by atomic mass is 10.1. The molecule has 0 bridgehead atoms. The van der Waals surface area contributed by atoms with Crippen LogP contribution in [0.5, 0.6) is 0 Å². The molecule has 0 aromatic heterocycles. The summed E-state index contributed by atoms with van der Waals surface area (Å²) in [6, 6.07) is 10.1. The van der Waals surface area contributed by atoms with E-state index in [1.807, 2.05) is 30.3 Å². The molecule has 0 unspecified atom stereocenters. The van der Waals surface area contributed by atoms with Gasteiger partial charge in [0, 0.05) is 6.42 Å². The lowest BCUT2D eigenvalue weighted by molar-refractivity contribution is -0.124. The van der Waals surface area contributed by atoms with E-state index in [0.717, 1.165) is 12.8 Å². The second kappa shape index (κ2) is 6.77. The Morgan fingerprint density at radius 3 is 2.50 bits per heavy atom. The Hall–Kier alpha value is -1.64. The molecule has 1 aromatic rings. The molecule has 0 aliphatic rings. The fraction of sp³-hybridized carbons (Fsp3) is 0.385. The quantitative estimate of drug-likeness (QED) is 0.791. The number of carbonyl (C=O) groups is 2. The van der Waals surface area contributed by atoms with Gasteiger partial charge in [0.15, 0.2) is 0 Å². The fourth-order valence-corrected chi connectivity index (χ4v) is 1.41. The number of hydrogen-bond acceptors (Lipinski definition) is 2. The van der Waals surface area contributed by atoms with Gasteiger partial charge in [-0.2, -0.15) is 0 Å². The van der Waals surface area contributed by atoms with E-state index >= 15 is 0 Å². The first kappa shape index (κ1) is 12.4. The Morgan fingerprint density at radius 1 is 1.19 bits per heavy atom. The summed E-state index contributed by atoms with van der Waals surface area (Å²) >= 11 is 0. The van der Waals surface area contributed by atoms with Crippen LogP contribution in [0.1, 0.15) is 25.3 Å². The summed E-state index contributed by atoms with van der Waals surface area (Å²) in [6.45, 7) is 1.61. The van der Waals surface area contributed by atoms with Crippen molar-refractivity contribution in [3.05, 3.63) is 35.9 Å². The molecule has 0 saturated carbocycles. The highest BCUT2D eigenvalue weighted by Crippen LogP contribution is 2.04. The van der Waals surface area contributed by atoms with E-state index in [9.17, 15) is 9.59 Å². The van der Waals surface area contributed by atoms with E-state index in [2.05, 4.69) is 5.32 Å². The van der Waals surface area contributed by atoms with Crippen molar-refractivity contribution in [2.75, 3.05) is 6.54 Å². The monoisotopic (exact) mass is 219 g/mol. The number of amides is 1. The van der Waals surface area contributed by atoms with Crippen LogP contribution in [-0.2, 0) is 16.0 Å². The van der Waals surface area contributed by atoms with E-state index in [-0.39, 0.29) is 18.2 Å². The van der Waals surface area contributed by atoms with Crippen LogP contribution in [0, 0.1) is 0 Å². The zero-order chi connectivity index (χ0) is 11.8. The summed E-state index contributed by atoms with van der Waals surface area (Å²) in [5, 5.41) is 2.58. The van der Waals surface area contributed by atoms with Gasteiger partial charge < -0.3 is 5.32 Å². The third-order valence-corrected chi connectivity index (χ3v) is 2.25. The highest BCUT2D eigenvalue weighted by Gasteiger charge is 2.02. The Morgan fingerprint density at radius 2 is 1.88 bits per heavy atom. The first-order chi connectivity index (χ1) is 7.68. The molecule has 3 heteroatoms. The minimum atomic E-state index is -0.0499. The van der Waals surface area contributed by atoms with Crippen molar-refractivity contribution in [3.63, 3.8) is 0 Å². The molecule has 0 spiro atoms. The molecule has 0 heterocycles. The number of nitrogens with one attached hydrogen (secondary N) is 1. The molecule has 1 aromatic carbocycles. The lowest BCUT2D eigenvalue weighted by Gasteiger charge is -2.03. The van der Waals surface area contributed by atoms with Gasteiger partial charge in [0.25, 0.3) is 0 Å². The van der Waals surface area contributed by atoms with Gasteiger partial charge in [0.1, 0.15) is 5.78 Å². The Kier molecular flexibility index (Phi) is 5.26. The van der Waals surface area contributed by atoms with Crippen LogP contribution in [-0.4, -0.2) is 18.2 Å². The van der Waals surface area contributed by atoms with E-state index in [1.165, 1.54) is 12.5 Å². The molecule has 16 heavy (non-hydrogen) atoms. The molecule has 1 amide bonds. The summed E-state index contributed by atoms with van der Waals surface area (Å²) < 4.78 is 0. The molecule has 1 N–H and O–H groups in total. The summed E-state index contributed by atoms with van der Waals surface area (Å²) in [4.78, 5) is 21.9. The summed E-state index contributed by atoms with van der Waals surface area (Å²) in [5.74, 6) is -0.0671. The van der Waals surface area contributed by atoms with Crippen molar-refractivity contribution in [3.8, 4) is 0 Å². The average Bonchev–Trinajstić information content (AvgIpc) is 2.28. The Labute approximate surface area is 95.9 Å². The predicted molar refractivity (Wildman–Crippen MR) is 63.1 cm³/mol. The third kappa shape index (κ3) is 5.29. The van der Waals surface area contributed by atoms with Gasteiger partial charge in [-0.3, -0.25) is 9.59 Å². The molecule has 0 atom stereocenters. The summed E-state index contributed by atoms with van der Waals surface area (Å²) in [6.07, 6.45) is 2.18. The van der Waals surface area contributed by atoms with Crippen molar-refractivity contribution in [1.29, 1.82) is 0 Å². The number of hydrogen-bond donors (Lipinski definition) is 1. The number of ketones is 1. The van der Waals surface area contributed by atoms with Gasteiger partial charge in [-0.05, 0) is 25.3 Å². The molecule has 0 aliphatic carbocycles. The number of carbonyl (C=O) groups excluding carboxylic acids is 2. The molecule has 0 radical (unpaired) electrons.